The fourth-order valence-corrected chi connectivity index (χ4v) is 4.21. The summed E-state index contributed by atoms with van der Waals surface area (Å²) < 4.78 is 5.88. The molecule has 1 aromatic carbocycles. The summed E-state index contributed by atoms with van der Waals surface area (Å²) in [5.74, 6) is 1.32. The van der Waals surface area contributed by atoms with Gasteiger partial charge in [-0.3, -0.25) is 4.90 Å². The van der Waals surface area contributed by atoms with Gasteiger partial charge >= 0.3 is 0 Å². The van der Waals surface area contributed by atoms with Crippen molar-refractivity contribution in [1.82, 2.24) is 15.5 Å². The molecule has 1 fully saturated rings. The van der Waals surface area contributed by atoms with E-state index in [-0.39, 0.29) is 18.8 Å². The molecule has 1 aromatic rings. The maximum atomic E-state index is 9.30. The zero-order valence-corrected chi connectivity index (χ0v) is 19.4. The summed E-state index contributed by atoms with van der Waals surface area (Å²) in [6, 6.07) is 8.61. The lowest BCUT2D eigenvalue weighted by atomic mass is 10.0. The molecule has 0 amide bonds. The predicted molar refractivity (Wildman–Crippen MR) is 125 cm³/mol. The average Bonchev–Trinajstić information content (AvgIpc) is 2.70. The Morgan fingerprint density at radius 1 is 1.13 bits per heavy atom. The van der Waals surface area contributed by atoms with Gasteiger partial charge in [0.1, 0.15) is 0 Å². The summed E-state index contributed by atoms with van der Waals surface area (Å²) in [7, 11) is 0. The van der Waals surface area contributed by atoms with Crippen LogP contribution >= 0.6 is 0 Å². The van der Waals surface area contributed by atoms with E-state index in [4.69, 9.17) is 9.73 Å². The summed E-state index contributed by atoms with van der Waals surface area (Å²) in [5, 5.41) is 16.1. The van der Waals surface area contributed by atoms with Gasteiger partial charge in [0.2, 0.25) is 0 Å². The van der Waals surface area contributed by atoms with Crippen molar-refractivity contribution in [2.75, 3.05) is 32.8 Å². The van der Waals surface area contributed by atoms with Gasteiger partial charge in [-0.1, -0.05) is 37.6 Å². The molecular weight excluding hydrogens is 376 g/mol. The fraction of sp³-hybridized carbons (Fsp3) is 0.708. The normalized spacial score (nSPS) is 21.4. The highest BCUT2D eigenvalue weighted by Gasteiger charge is 2.22. The zero-order valence-electron chi connectivity index (χ0n) is 19.4. The quantitative estimate of drug-likeness (QED) is 0.380. The minimum atomic E-state index is 0.242. The van der Waals surface area contributed by atoms with Crippen molar-refractivity contribution >= 4 is 5.96 Å². The third-order valence-corrected chi connectivity index (χ3v) is 5.55. The van der Waals surface area contributed by atoms with Crippen LogP contribution < -0.4 is 10.6 Å². The first-order chi connectivity index (χ1) is 14.5. The SMILES string of the molecule is CCCC(CCO)CNC(=NCc1ccccc1CN1CC(C)OC(C)C1)NCC. The van der Waals surface area contributed by atoms with E-state index in [9.17, 15) is 5.11 Å². The first-order valence-electron chi connectivity index (χ1n) is 11.6. The van der Waals surface area contributed by atoms with Crippen molar-refractivity contribution in [2.45, 2.75) is 72.3 Å². The third kappa shape index (κ3) is 8.62. The van der Waals surface area contributed by atoms with Gasteiger partial charge in [0.15, 0.2) is 5.96 Å². The molecule has 3 atom stereocenters. The van der Waals surface area contributed by atoms with Gasteiger partial charge < -0.3 is 20.5 Å². The van der Waals surface area contributed by atoms with Crippen LogP contribution in [0.2, 0.25) is 0 Å². The number of aliphatic imine (C=N–C) groups is 1. The third-order valence-electron chi connectivity index (χ3n) is 5.55. The molecule has 0 spiro atoms. The minimum absolute atomic E-state index is 0.242. The van der Waals surface area contributed by atoms with Crippen LogP contribution in [0.15, 0.2) is 29.3 Å². The van der Waals surface area contributed by atoms with Gasteiger partial charge in [0.05, 0.1) is 18.8 Å². The number of nitrogens with zero attached hydrogens (tertiary/aromatic N) is 2. The Hall–Kier alpha value is -1.63. The van der Waals surface area contributed by atoms with E-state index in [0.29, 0.717) is 12.5 Å². The van der Waals surface area contributed by atoms with E-state index in [0.717, 1.165) is 57.9 Å². The van der Waals surface area contributed by atoms with Gasteiger partial charge in [0.25, 0.3) is 0 Å². The zero-order chi connectivity index (χ0) is 21.8. The molecular formula is C24H42N4O2. The lowest BCUT2D eigenvalue weighted by Crippen LogP contribution is -2.44. The van der Waals surface area contributed by atoms with E-state index in [1.807, 2.05) is 0 Å². The van der Waals surface area contributed by atoms with Crippen LogP contribution in [-0.2, 0) is 17.8 Å². The monoisotopic (exact) mass is 418 g/mol. The maximum absolute atomic E-state index is 9.30. The van der Waals surface area contributed by atoms with Crippen LogP contribution in [0.5, 0.6) is 0 Å². The van der Waals surface area contributed by atoms with Gasteiger partial charge in [-0.25, -0.2) is 4.99 Å². The standard InChI is InChI=1S/C24H42N4O2/c1-5-9-21(12-13-29)14-26-24(25-6-2)27-15-22-10-7-8-11-23(22)18-28-16-19(3)30-20(4)17-28/h7-8,10-11,19-21,29H,5-6,9,12-18H2,1-4H3,(H2,25,26,27). The fourth-order valence-electron chi connectivity index (χ4n) is 4.21. The van der Waals surface area contributed by atoms with Crippen LogP contribution in [0.3, 0.4) is 0 Å². The molecule has 0 bridgehead atoms. The Morgan fingerprint density at radius 2 is 1.83 bits per heavy atom. The lowest BCUT2D eigenvalue weighted by Gasteiger charge is -2.35. The van der Waals surface area contributed by atoms with Crippen LogP contribution in [0.1, 0.15) is 58.1 Å². The van der Waals surface area contributed by atoms with Crippen molar-refractivity contribution in [3.63, 3.8) is 0 Å². The summed E-state index contributed by atoms with van der Waals surface area (Å²) in [6.07, 6.45) is 3.63. The Balaban J connectivity index is 2.01. The van der Waals surface area contributed by atoms with Gasteiger partial charge in [-0.2, -0.15) is 0 Å². The van der Waals surface area contributed by atoms with Gasteiger partial charge in [-0.15, -0.1) is 0 Å². The van der Waals surface area contributed by atoms with Gasteiger partial charge in [-0.05, 0) is 50.7 Å². The smallest absolute Gasteiger partial charge is 0.191 e. The summed E-state index contributed by atoms with van der Waals surface area (Å²) in [4.78, 5) is 7.33. The molecule has 170 valence electrons. The predicted octanol–water partition coefficient (Wildman–Crippen LogP) is 3.15. The molecule has 1 heterocycles. The molecule has 0 saturated carbocycles. The Kier molecular flexibility index (Phi) is 11.2. The number of nitrogens with one attached hydrogen (secondary N) is 2. The van der Waals surface area contributed by atoms with Crippen molar-refractivity contribution in [1.29, 1.82) is 0 Å². The van der Waals surface area contributed by atoms with Crippen LogP contribution in [0.4, 0.5) is 0 Å². The molecule has 0 aromatic heterocycles. The Morgan fingerprint density at radius 3 is 2.47 bits per heavy atom. The Labute approximate surface area is 183 Å². The van der Waals surface area contributed by atoms with Crippen molar-refractivity contribution in [3.8, 4) is 0 Å². The molecule has 6 nitrogen and oxygen atoms in total. The second-order valence-corrected chi connectivity index (χ2v) is 8.46. The van der Waals surface area contributed by atoms with E-state index < -0.39 is 0 Å². The molecule has 1 aliphatic heterocycles. The molecule has 2 rings (SSSR count). The second-order valence-electron chi connectivity index (χ2n) is 8.46. The first kappa shape index (κ1) is 24.6. The summed E-state index contributed by atoms with van der Waals surface area (Å²) in [6.45, 7) is 14.0. The lowest BCUT2D eigenvalue weighted by molar-refractivity contribution is -0.0705. The first-order valence-corrected chi connectivity index (χ1v) is 11.6. The average molecular weight is 419 g/mol. The van der Waals surface area contributed by atoms with Crippen molar-refractivity contribution in [2.24, 2.45) is 10.9 Å². The van der Waals surface area contributed by atoms with Crippen molar-refractivity contribution in [3.05, 3.63) is 35.4 Å². The van der Waals surface area contributed by atoms with E-state index in [1.165, 1.54) is 11.1 Å². The summed E-state index contributed by atoms with van der Waals surface area (Å²) >= 11 is 0. The highest BCUT2D eigenvalue weighted by atomic mass is 16.5. The number of hydrogen-bond acceptors (Lipinski definition) is 4. The molecule has 6 heteroatoms. The molecule has 0 aliphatic carbocycles. The molecule has 0 radical (unpaired) electrons. The number of rotatable bonds is 11. The second kappa shape index (κ2) is 13.6. The molecule has 30 heavy (non-hydrogen) atoms. The van der Waals surface area contributed by atoms with Crippen LogP contribution in [0.25, 0.3) is 0 Å². The van der Waals surface area contributed by atoms with Crippen LogP contribution in [0, 0.1) is 5.92 Å². The number of ether oxygens (including phenoxy) is 1. The highest BCUT2D eigenvalue weighted by Crippen LogP contribution is 2.17. The molecule has 1 aliphatic rings. The van der Waals surface area contributed by atoms with E-state index in [2.05, 4.69) is 67.5 Å². The number of guanidine groups is 1. The summed E-state index contributed by atoms with van der Waals surface area (Å²) in [5.41, 5.74) is 2.60. The highest BCUT2D eigenvalue weighted by molar-refractivity contribution is 5.79. The number of morpholine rings is 1. The Bertz CT molecular complexity index is 621. The van der Waals surface area contributed by atoms with Gasteiger partial charge in [0, 0.05) is 39.3 Å². The largest absolute Gasteiger partial charge is 0.396 e. The van der Waals surface area contributed by atoms with Crippen LogP contribution in [-0.4, -0.2) is 61.0 Å². The molecule has 1 saturated heterocycles. The molecule has 3 N–H and O–H groups in total. The van der Waals surface area contributed by atoms with E-state index in [1.54, 1.807) is 0 Å². The topological polar surface area (TPSA) is 69.1 Å². The number of benzene rings is 1. The number of aliphatic hydroxyl groups is 1. The minimum Gasteiger partial charge on any atom is -0.396 e. The molecule has 3 unspecified atom stereocenters. The number of aliphatic hydroxyl groups excluding tert-OH is 1. The maximum Gasteiger partial charge on any atom is 0.191 e. The number of hydrogen-bond donors (Lipinski definition) is 3. The van der Waals surface area contributed by atoms with Crippen molar-refractivity contribution < 1.29 is 9.84 Å². The van der Waals surface area contributed by atoms with E-state index >= 15 is 0 Å².